The number of benzene rings is 2. The van der Waals surface area contributed by atoms with Crippen LogP contribution >= 0.6 is 28.1 Å². The molecule has 9 nitrogen and oxygen atoms in total. The Morgan fingerprint density at radius 3 is 2.62 bits per heavy atom. The summed E-state index contributed by atoms with van der Waals surface area (Å²) >= 11 is 8.31. The number of nitro benzene ring substituents is 1. The Morgan fingerprint density at radius 1 is 1.21 bits per heavy atom. The summed E-state index contributed by atoms with van der Waals surface area (Å²) in [4.78, 5) is 34.1. The largest absolute Gasteiger partial charge is 0.483 e. The number of hydrogen-bond donors (Lipinski definition) is 3. The van der Waals surface area contributed by atoms with E-state index in [1.54, 1.807) is 6.07 Å². The number of carbonyl (C=O) groups is 2. The number of amides is 2. The number of non-ortho nitro benzene ring substituents is 1. The van der Waals surface area contributed by atoms with Gasteiger partial charge in [0.25, 0.3) is 17.5 Å². The van der Waals surface area contributed by atoms with Crippen LogP contribution in [0.1, 0.15) is 22.8 Å². The second-order valence-electron chi connectivity index (χ2n) is 5.67. The fraction of sp³-hybridized carbons (Fsp3) is 0.167. The summed E-state index contributed by atoms with van der Waals surface area (Å²) in [7, 11) is 0. The number of ether oxygens (including phenoxy) is 1. The molecule has 0 saturated carbocycles. The highest BCUT2D eigenvalue weighted by atomic mass is 79.9. The molecule has 0 atom stereocenters. The van der Waals surface area contributed by atoms with Gasteiger partial charge in [-0.15, -0.1) is 0 Å². The van der Waals surface area contributed by atoms with Crippen molar-refractivity contribution in [2.75, 3.05) is 6.61 Å². The summed E-state index contributed by atoms with van der Waals surface area (Å²) in [5.74, 6) is -0.671. The van der Waals surface area contributed by atoms with Gasteiger partial charge in [-0.3, -0.25) is 35.9 Å². The molecule has 0 spiro atoms. The lowest BCUT2D eigenvalue weighted by atomic mass is 10.2. The van der Waals surface area contributed by atoms with E-state index in [-0.39, 0.29) is 23.0 Å². The second kappa shape index (κ2) is 10.5. The molecular formula is C18H17BrN4O5S. The Kier molecular flexibility index (Phi) is 8.04. The fourth-order valence-corrected chi connectivity index (χ4v) is 2.87. The number of nitro groups is 1. The molecule has 2 aromatic carbocycles. The van der Waals surface area contributed by atoms with Crippen molar-refractivity contribution in [2.24, 2.45) is 0 Å². The number of rotatable bonds is 6. The van der Waals surface area contributed by atoms with Gasteiger partial charge in [-0.25, -0.2) is 0 Å². The van der Waals surface area contributed by atoms with Crippen molar-refractivity contribution < 1.29 is 19.2 Å². The maximum Gasteiger partial charge on any atom is 0.270 e. The zero-order valence-electron chi connectivity index (χ0n) is 15.2. The van der Waals surface area contributed by atoms with Crippen molar-refractivity contribution >= 4 is 50.8 Å². The van der Waals surface area contributed by atoms with E-state index in [0.717, 1.165) is 22.5 Å². The molecule has 2 amide bonds. The Labute approximate surface area is 180 Å². The lowest BCUT2D eigenvalue weighted by molar-refractivity contribution is -0.384. The first-order valence-corrected chi connectivity index (χ1v) is 9.56. The number of nitrogens with one attached hydrogen (secondary N) is 3. The van der Waals surface area contributed by atoms with Gasteiger partial charge in [0.2, 0.25) is 0 Å². The normalized spacial score (nSPS) is 10.0. The van der Waals surface area contributed by atoms with E-state index in [2.05, 4.69) is 32.1 Å². The first kappa shape index (κ1) is 22.2. The summed E-state index contributed by atoms with van der Waals surface area (Å²) in [6.45, 7) is 1.74. The summed E-state index contributed by atoms with van der Waals surface area (Å²) < 4.78 is 6.16. The zero-order chi connectivity index (χ0) is 21.4. The highest BCUT2D eigenvalue weighted by molar-refractivity contribution is 9.10. The molecule has 0 aliphatic rings. The number of thiocarbonyl (C=S) groups is 1. The van der Waals surface area contributed by atoms with Gasteiger partial charge in [-0.2, -0.15) is 0 Å². The van der Waals surface area contributed by atoms with Crippen molar-refractivity contribution in [2.45, 2.75) is 13.3 Å². The van der Waals surface area contributed by atoms with Crippen LogP contribution in [0.2, 0.25) is 0 Å². The van der Waals surface area contributed by atoms with Crippen LogP contribution < -0.4 is 20.9 Å². The Morgan fingerprint density at radius 2 is 1.97 bits per heavy atom. The summed E-state index contributed by atoms with van der Waals surface area (Å²) in [5.41, 5.74) is 5.57. The van der Waals surface area contributed by atoms with E-state index in [9.17, 15) is 19.7 Å². The minimum atomic E-state index is -0.651. The van der Waals surface area contributed by atoms with E-state index >= 15 is 0 Å². The first-order chi connectivity index (χ1) is 13.8. The fourth-order valence-electron chi connectivity index (χ4n) is 2.16. The average Bonchev–Trinajstić information content (AvgIpc) is 2.71. The first-order valence-electron chi connectivity index (χ1n) is 8.36. The van der Waals surface area contributed by atoms with Crippen LogP contribution in [0.4, 0.5) is 5.69 Å². The minimum absolute atomic E-state index is 0.0598. The van der Waals surface area contributed by atoms with Gasteiger partial charge < -0.3 is 4.74 Å². The molecule has 3 N–H and O–H groups in total. The highest BCUT2D eigenvalue weighted by Gasteiger charge is 2.12. The third-order valence-electron chi connectivity index (χ3n) is 3.62. The van der Waals surface area contributed by atoms with Crippen LogP contribution in [-0.4, -0.2) is 28.5 Å². The Hall–Kier alpha value is -3.05. The van der Waals surface area contributed by atoms with Crippen LogP contribution in [0.25, 0.3) is 0 Å². The number of hydrogen-bond acceptors (Lipinski definition) is 6. The van der Waals surface area contributed by atoms with Crippen molar-refractivity contribution in [1.29, 1.82) is 0 Å². The van der Waals surface area contributed by atoms with Gasteiger partial charge in [0.1, 0.15) is 5.75 Å². The van der Waals surface area contributed by atoms with E-state index in [0.29, 0.717) is 5.75 Å². The van der Waals surface area contributed by atoms with Crippen LogP contribution in [0.3, 0.4) is 0 Å². The van der Waals surface area contributed by atoms with E-state index < -0.39 is 16.7 Å². The molecule has 0 aromatic heterocycles. The molecular weight excluding hydrogens is 464 g/mol. The second-order valence-corrected chi connectivity index (χ2v) is 6.93. The maximum absolute atomic E-state index is 12.0. The van der Waals surface area contributed by atoms with Gasteiger partial charge in [0.15, 0.2) is 11.7 Å². The Bertz CT molecular complexity index is 954. The van der Waals surface area contributed by atoms with Crippen molar-refractivity contribution in [3.63, 3.8) is 0 Å². The van der Waals surface area contributed by atoms with Crippen LogP contribution in [0, 0.1) is 10.1 Å². The average molecular weight is 481 g/mol. The third-order valence-corrected chi connectivity index (χ3v) is 4.45. The SMILES string of the molecule is CCc1ccc(OCC(=O)NC(=S)NNC(=O)c2cccc([N+](=O)[O-])c2)c(Br)c1. The number of aryl methyl sites for hydroxylation is 1. The van der Waals surface area contributed by atoms with E-state index in [4.69, 9.17) is 17.0 Å². The molecule has 0 saturated heterocycles. The van der Waals surface area contributed by atoms with Gasteiger partial charge in [-0.1, -0.05) is 19.1 Å². The van der Waals surface area contributed by atoms with Crippen LogP contribution in [0.5, 0.6) is 5.75 Å². The molecule has 0 fully saturated rings. The lowest BCUT2D eigenvalue weighted by Gasteiger charge is -2.12. The predicted octanol–water partition coefficient (Wildman–Crippen LogP) is 2.63. The molecule has 2 rings (SSSR count). The molecule has 0 unspecified atom stereocenters. The summed E-state index contributed by atoms with van der Waals surface area (Å²) in [5, 5.41) is 12.9. The van der Waals surface area contributed by atoms with Gasteiger partial charge in [-0.05, 0) is 58.3 Å². The zero-order valence-corrected chi connectivity index (χ0v) is 17.6. The van der Waals surface area contributed by atoms with Gasteiger partial charge >= 0.3 is 0 Å². The van der Waals surface area contributed by atoms with E-state index in [1.165, 1.54) is 18.2 Å². The van der Waals surface area contributed by atoms with Crippen LogP contribution in [0.15, 0.2) is 46.9 Å². The molecule has 2 aromatic rings. The third kappa shape index (κ3) is 6.80. The lowest BCUT2D eigenvalue weighted by Crippen LogP contribution is -2.49. The summed E-state index contributed by atoms with van der Waals surface area (Å²) in [6, 6.07) is 10.7. The number of halogens is 1. The summed E-state index contributed by atoms with van der Waals surface area (Å²) in [6.07, 6.45) is 0.876. The smallest absolute Gasteiger partial charge is 0.270 e. The quantitative estimate of drug-likeness (QED) is 0.329. The number of nitrogens with zero attached hydrogens (tertiary/aromatic N) is 1. The van der Waals surface area contributed by atoms with E-state index in [1.807, 2.05) is 19.1 Å². The van der Waals surface area contributed by atoms with Crippen molar-refractivity contribution in [3.8, 4) is 5.75 Å². The monoisotopic (exact) mass is 480 g/mol. The van der Waals surface area contributed by atoms with Crippen molar-refractivity contribution in [3.05, 3.63) is 68.2 Å². The molecule has 0 heterocycles. The topological polar surface area (TPSA) is 123 Å². The molecule has 0 aliphatic carbocycles. The molecule has 152 valence electrons. The molecule has 0 bridgehead atoms. The van der Waals surface area contributed by atoms with Gasteiger partial charge in [0, 0.05) is 17.7 Å². The van der Waals surface area contributed by atoms with Crippen molar-refractivity contribution in [1.82, 2.24) is 16.2 Å². The predicted molar refractivity (Wildman–Crippen MR) is 113 cm³/mol. The molecule has 11 heteroatoms. The molecule has 29 heavy (non-hydrogen) atoms. The standard InChI is InChI=1S/C18H17BrN4O5S/c1-2-11-6-7-15(14(19)8-11)28-10-16(24)20-18(29)22-21-17(25)12-4-3-5-13(9-12)23(26)27/h3-9H,2,10H2,1H3,(H,21,25)(H2,20,22,24,29). The van der Waals surface area contributed by atoms with Crippen LogP contribution in [-0.2, 0) is 11.2 Å². The maximum atomic E-state index is 12.0. The number of hydrazine groups is 1. The molecule has 0 aliphatic heterocycles. The van der Waals surface area contributed by atoms with Gasteiger partial charge in [0.05, 0.1) is 9.40 Å². The number of carbonyl (C=O) groups excluding carboxylic acids is 2. The highest BCUT2D eigenvalue weighted by Crippen LogP contribution is 2.26. The Balaban J connectivity index is 1.80. The molecule has 0 radical (unpaired) electrons. The minimum Gasteiger partial charge on any atom is -0.483 e.